The third-order valence-electron chi connectivity index (χ3n) is 5.04. The molecule has 1 saturated heterocycles. The van der Waals surface area contributed by atoms with Crippen molar-refractivity contribution in [3.05, 3.63) is 29.8 Å². The molecular formula is C19H24N2O5. The Labute approximate surface area is 152 Å². The lowest BCUT2D eigenvalue weighted by molar-refractivity contribution is -0.132. The zero-order valence-corrected chi connectivity index (χ0v) is 15.0. The van der Waals surface area contributed by atoms with Crippen LogP contribution in [-0.2, 0) is 9.53 Å². The van der Waals surface area contributed by atoms with Gasteiger partial charge in [0, 0.05) is 0 Å². The van der Waals surface area contributed by atoms with Crippen LogP contribution in [0, 0.1) is 0 Å². The quantitative estimate of drug-likeness (QED) is 0.644. The van der Waals surface area contributed by atoms with Crippen molar-refractivity contribution in [3.8, 4) is 5.75 Å². The van der Waals surface area contributed by atoms with Crippen molar-refractivity contribution in [3.63, 3.8) is 0 Å². The molecule has 3 rings (SSSR count). The van der Waals surface area contributed by atoms with Crippen LogP contribution in [0.15, 0.2) is 24.3 Å². The number of imide groups is 1. The molecule has 0 radical (unpaired) electrons. The summed E-state index contributed by atoms with van der Waals surface area (Å²) in [5.41, 5.74) is -0.337. The van der Waals surface area contributed by atoms with E-state index in [9.17, 15) is 14.4 Å². The number of ether oxygens (including phenoxy) is 2. The number of hydrogen-bond acceptors (Lipinski definition) is 5. The van der Waals surface area contributed by atoms with Crippen LogP contribution < -0.4 is 10.1 Å². The molecule has 0 bridgehead atoms. The van der Waals surface area contributed by atoms with Crippen LogP contribution in [0.4, 0.5) is 4.79 Å². The Kier molecular flexibility index (Phi) is 5.44. The van der Waals surface area contributed by atoms with Crippen LogP contribution in [-0.4, -0.2) is 48.6 Å². The molecule has 3 amide bonds. The summed E-state index contributed by atoms with van der Waals surface area (Å²) in [6, 6.07) is 6.26. The highest BCUT2D eigenvalue weighted by molar-refractivity contribution is 6.07. The molecule has 1 N–H and O–H groups in total. The molecule has 1 saturated carbocycles. The van der Waals surface area contributed by atoms with Gasteiger partial charge in [0.1, 0.15) is 17.9 Å². The van der Waals surface area contributed by atoms with Gasteiger partial charge in [0.05, 0.1) is 19.2 Å². The lowest BCUT2D eigenvalue weighted by Gasteiger charge is -2.24. The number of carbonyl (C=O) groups excluding carboxylic acids is 3. The standard InChI is InChI=1S/C19H24N2O5/c1-25-16(22)14-7-6-8-15(13-14)26-12-11-21-17(23)19(20-18(21)24)9-4-2-3-5-10-19/h6-8,13H,2-5,9-12H2,1H3,(H,20,24). The van der Waals surface area contributed by atoms with Gasteiger partial charge in [0.2, 0.25) is 0 Å². The van der Waals surface area contributed by atoms with Crippen molar-refractivity contribution in [2.45, 2.75) is 44.1 Å². The van der Waals surface area contributed by atoms with Gasteiger partial charge < -0.3 is 14.8 Å². The molecule has 7 heteroatoms. The molecule has 140 valence electrons. The molecule has 1 spiro atoms. The summed E-state index contributed by atoms with van der Waals surface area (Å²) in [5.74, 6) is -0.0969. The highest BCUT2D eigenvalue weighted by Gasteiger charge is 2.50. The van der Waals surface area contributed by atoms with Crippen LogP contribution in [0.2, 0.25) is 0 Å². The van der Waals surface area contributed by atoms with Crippen LogP contribution in [0.3, 0.4) is 0 Å². The van der Waals surface area contributed by atoms with Crippen LogP contribution in [0.5, 0.6) is 5.75 Å². The van der Waals surface area contributed by atoms with Crippen LogP contribution in [0.25, 0.3) is 0 Å². The molecule has 26 heavy (non-hydrogen) atoms. The van der Waals surface area contributed by atoms with E-state index in [1.54, 1.807) is 24.3 Å². The maximum Gasteiger partial charge on any atom is 0.337 e. The molecule has 0 unspecified atom stereocenters. The van der Waals surface area contributed by atoms with Gasteiger partial charge in [-0.2, -0.15) is 0 Å². The van der Waals surface area contributed by atoms with Crippen LogP contribution in [0.1, 0.15) is 48.9 Å². The van der Waals surface area contributed by atoms with Crippen molar-refractivity contribution in [1.82, 2.24) is 10.2 Å². The summed E-state index contributed by atoms with van der Waals surface area (Å²) < 4.78 is 10.3. The Bertz CT molecular complexity index is 695. The van der Waals surface area contributed by atoms with E-state index in [0.717, 1.165) is 25.7 Å². The first-order valence-corrected chi connectivity index (χ1v) is 9.01. The van der Waals surface area contributed by atoms with Gasteiger partial charge in [-0.25, -0.2) is 9.59 Å². The normalized spacial score (nSPS) is 19.2. The second-order valence-electron chi connectivity index (χ2n) is 6.75. The Morgan fingerprint density at radius 1 is 1.19 bits per heavy atom. The van der Waals surface area contributed by atoms with E-state index in [-0.39, 0.29) is 25.1 Å². The highest BCUT2D eigenvalue weighted by Crippen LogP contribution is 2.32. The van der Waals surface area contributed by atoms with Gasteiger partial charge in [0.15, 0.2) is 0 Å². The molecule has 2 aliphatic rings. The van der Waals surface area contributed by atoms with E-state index in [4.69, 9.17) is 4.74 Å². The molecule has 1 aromatic rings. The molecule has 0 atom stereocenters. The lowest BCUT2D eigenvalue weighted by Crippen LogP contribution is -2.46. The van der Waals surface area contributed by atoms with Gasteiger partial charge in [-0.05, 0) is 31.0 Å². The second kappa shape index (κ2) is 7.76. The van der Waals surface area contributed by atoms with Gasteiger partial charge >= 0.3 is 12.0 Å². The van der Waals surface area contributed by atoms with Crippen molar-refractivity contribution in [2.24, 2.45) is 0 Å². The predicted molar refractivity (Wildman–Crippen MR) is 94.0 cm³/mol. The Morgan fingerprint density at radius 3 is 2.62 bits per heavy atom. The van der Waals surface area contributed by atoms with Gasteiger partial charge in [-0.3, -0.25) is 9.69 Å². The largest absolute Gasteiger partial charge is 0.492 e. The topological polar surface area (TPSA) is 84.9 Å². The summed E-state index contributed by atoms with van der Waals surface area (Å²) >= 11 is 0. The van der Waals surface area contributed by atoms with E-state index in [1.807, 2.05) is 0 Å². The number of rotatable bonds is 5. The number of urea groups is 1. The number of nitrogens with one attached hydrogen (secondary N) is 1. The number of carbonyl (C=O) groups is 3. The third kappa shape index (κ3) is 3.66. The minimum Gasteiger partial charge on any atom is -0.492 e. The maximum absolute atomic E-state index is 12.8. The molecule has 1 aromatic carbocycles. The van der Waals surface area contributed by atoms with E-state index in [2.05, 4.69) is 10.1 Å². The molecule has 0 aromatic heterocycles. The first-order valence-electron chi connectivity index (χ1n) is 9.01. The summed E-state index contributed by atoms with van der Waals surface area (Å²) in [5, 5.41) is 2.91. The van der Waals surface area contributed by atoms with Gasteiger partial charge in [-0.15, -0.1) is 0 Å². The number of nitrogens with zero attached hydrogens (tertiary/aromatic N) is 1. The summed E-state index contributed by atoms with van der Waals surface area (Å²) in [6.45, 7) is 0.342. The predicted octanol–water partition coefficient (Wildman–Crippen LogP) is 2.50. The summed E-state index contributed by atoms with van der Waals surface area (Å²) in [6.07, 6.45) is 5.52. The number of benzene rings is 1. The van der Waals surface area contributed by atoms with Crippen molar-refractivity contribution < 1.29 is 23.9 Å². The van der Waals surface area contributed by atoms with Crippen molar-refractivity contribution in [2.75, 3.05) is 20.3 Å². The molecule has 2 fully saturated rings. The lowest BCUT2D eigenvalue weighted by atomic mass is 9.90. The third-order valence-corrected chi connectivity index (χ3v) is 5.04. The summed E-state index contributed by atoms with van der Waals surface area (Å²) in [7, 11) is 1.32. The van der Waals surface area contributed by atoms with Gasteiger partial charge in [0.25, 0.3) is 5.91 Å². The van der Waals surface area contributed by atoms with E-state index >= 15 is 0 Å². The van der Waals surface area contributed by atoms with E-state index in [1.165, 1.54) is 12.0 Å². The average Bonchev–Trinajstić information content (AvgIpc) is 2.82. The average molecular weight is 360 g/mol. The molecule has 1 aliphatic heterocycles. The molecule has 7 nitrogen and oxygen atoms in total. The van der Waals surface area contributed by atoms with Crippen molar-refractivity contribution >= 4 is 17.9 Å². The first kappa shape index (κ1) is 18.2. The fourth-order valence-corrected chi connectivity index (χ4v) is 3.64. The smallest absolute Gasteiger partial charge is 0.337 e. The van der Waals surface area contributed by atoms with E-state index < -0.39 is 11.5 Å². The van der Waals surface area contributed by atoms with Crippen LogP contribution >= 0.6 is 0 Å². The number of esters is 1. The number of methoxy groups -OCH3 is 1. The Morgan fingerprint density at radius 2 is 1.92 bits per heavy atom. The zero-order chi connectivity index (χ0) is 18.6. The summed E-state index contributed by atoms with van der Waals surface area (Å²) in [4.78, 5) is 37.9. The Balaban J connectivity index is 1.59. The monoisotopic (exact) mass is 360 g/mol. The number of hydrogen-bond donors (Lipinski definition) is 1. The first-order chi connectivity index (χ1) is 12.6. The minimum atomic E-state index is -0.724. The SMILES string of the molecule is COC(=O)c1cccc(OCCN2C(=O)NC3(CCCCCC3)C2=O)c1. The molecule has 1 heterocycles. The van der Waals surface area contributed by atoms with Crippen molar-refractivity contribution in [1.29, 1.82) is 0 Å². The maximum atomic E-state index is 12.8. The van der Waals surface area contributed by atoms with Gasteiger partial charge in [-0.1, -0.05) is 31.7 Å². The molecule has 1 aliphatic carbocycles. The highest BCUT2D eigenvalue weighted by atomic mass is 16.5. The fourth-order valence-electron chi connectivity index (χ4n) is 3.64. The minimum absolute atomic E-state index is 0.142. The number of amides is 3. The zero-order valence-electron chi connectivity index (χ0n) is 15.0. The Hall–Kier alpha value is -2.57. The van der Waals surface area contributed by atoms with E-state index in [0.29, 0.717) is 24.2 Å². The molecular weight excluding hydrogens is 336 g/mol. The fraction of sp³-hybridized carbons (Fsp3) is 0.526. The second-order valence-corrected chi connectivity index (χ2v) is 6.75.